The van der Waals surface area contributed by atoms with Crippen LogP contribution < -0.4 is 5.32 Å². The van der Waals surface area contributed by atoms with E-state index in [0.717, 1.165) is 19.4 Å². The van der Waals surface area contributed by atoms with Gasteiger partial charge in [-0.15, -0.1) is 11.8 Å². The zero-order chi connectivity index (χ0) is 28.5. The zero-order valence-electron chi connectivity index (χ0n) is 24.6. The normalized spacial score (nSPS) is 15.8. The Balaban J connectivity index is 0.00000171. The monoisotopic (exact) mass is 580 g/mol. The lowest BCUT2D eigenvalue weighted by Gasteiger charge is -2.25. The molecular formula is C28H57N2O6PS. The maximum absolute atomic E-state index is 12.4. The maximum atomic E-state index is 12.4. The Labute approximate surface area is 237 Å². The van der Waals surface area contributed by atoms with Crippen LogP contribution >= 0.6 is 19.6 Å². The topological polar surface area (TPSA) is 108 Å². The highest BCUT2D eigenvalue weighted by Crippen LogP contribution is 2.35. The van der Waals surface area contributed by atoms with Crippen LogP contribution in [0.5, 0.6) is 0 Å². The molecule has 2 atom stereocenters. The number of phosphoric acid groups is 1. The van der Waals surface area contributed by atoms with Crippen molar-refractivity contribution in [2.45, 2.75) is 141 Å². The zero-order valence-corrected chi connectivity index (χ0v) is 26.3. The summed E-state index contributed by atoms with van der Waals surface area (Å²) in [5, 5.41) is 5.23. The van der Waals surface area contributed by atoms with Gasteiger partial charge in [-0.25, -0.2) is 9.36 Å². The second-order valence-corrected chi connectivity index (χ2v) is 12.3. The van der Waals surface area contributed by atoms with Gasteiger partial charge < -0.3 is 19.8 Å². The number of carbonyl (C=O) groups excluding carboxylic acids is 1. The van der Waals surface area contributed by atoms with Crippen molar-refractivity contribution in [2.75, 3.05) is 20.3 Å². The van der Waals surface area contributed by atoms with Crippen LogP contribution in [0.4, 0.5) is 4.79 Å². The van der Waals surface area contributed by atoms with E-state index in [1.807, 2.05) is 23.4 Å². The first-order valence-corrected chi connectivity index (χ1v) is 17.3. The molecule has 0 spiro atoms. The van der Waals surface area contributed by atoms with Crippen molar-refractivity contribution in [3.63, 3.8) is 0 Å². The van der Waals surface area contributed by atoms with Gasteiger partial charge in [0, 0.05) is 26.3 Å². The van der Waals surface area contributed by atoms with Crippen molar-refractivity contribution in [3.05, 3.63) is 11.6 Å². The smallest absolute Gasteiger partial charge is 0.382 e. The highest BCUT2D eigenvalue weighted by Gasteiger charge is 2.26. The number of ether oxygens (including phenoxy) is 1. The van der Waals surface area contributed by atoms with E-state index in [2.05, 4.69) is 16.8 Å². The summed E-state index contributed by atoms with van der Waals surface area (Å²) in [5.74, 6) is 0. The van der Waals surface area contributed by atoms with Gasteiger partial charge >= 0.3 is 13.9 Å². The van der Waals surface area contributed by atoms with Gasteiger partial charge in [-0.3, -0.25) is 9.42 Å². The molecular weight excluding hydrogens is 523 g/mol. The first-order chi connectivity index (χ1) is 18.2. The molecule has 2 unspecified atom stereocenters. The average Bonchev–Trinajstić information content (AvgIpc) is 3.33. The summed E-state index contributed by atoms with van der Waals surface area (Å²) in [6.45, 7) is 6.67. The number of nitrogens with zero attached hydrogens (tertiary/aromatic N) is 1. The van der Waals surface area contributed by atoms with E-state index >= 15 is 0 Å². The van der Waals surface area contributed by atoms with Crippen LogP contribution in [0.15, 0.2) is 11.6 Å². The van der Waals surface area contributed by atoms with E-state index in [9.17, 15) is 9.36 Å². The first kappa shape index (κ1) is 37.4. The van der Waals surface area contributed by atoms with Crippen molar-refractivity contribution < 1.29 is 28.4 Å². The minimum atomic E-state index is -4.17. The van der Waals surface area contributed by atoms with Gasteiger partial charge in [0.15, 0.2) is 0 Å². The molecule has 226 valence electrons. The molecule has 0 fully saturated rings. The third-order valence-corrected chi connectivity index (χ3v) is 8.15. The van der Waals surface area contributed by atoms with E-state index in [1.165, 1.54) is 103 Å². The van der Waals surface area contributed by atoms with Crippen LogP contribution in [0.25, 0.3) is 0 Å². The van der Waals surface area contributed by atoms with Crippen LogP contribution in [0, 0.1) is 0 Å². The van der Waals surface area contributed by atoms with Gasteiger partial charge in [0.2, 0.25) is 0 Å². The molecule has 10 heteroatoms. The molecule has 0 aromatic heterocycles. The second-order valence-electron chi connectivity index (χ2n) is 10.0. The maximum Gasteiger partial charge on any atom is 0.469 e. The number of hydrogen-bond donors (Lipinski definition) is 3. The number of thioether (sulfide) groups is 1. The van der Waals surface area contributed by atoms with Crippen LogP contribution in [0.2, 0.25) is 0 Å². The number of unbranched alkanes of at least 4 members (excludes halogenated alkanes) is 15. The molecule has 2 amide bonds. The highest BCUT2D eigenvalue weighted by atomic mass is 32.2. The summed E-state index contributed by atoms with van der Waals surface area (Å²) in [7, 11) is -2.44. The number of methoxy groups -OCH3 is 1. The predicted molar refractivity (Wildman–Crippen MR) is 160 cm³/mol. The summed E-state index contributed by atoms with van der Waals surface area (Å²) in [5.41, 5.74) is 0. The Kier molecular flexibility index (Phi) is 25.0. The van der Waals surface area contributed by atoms with E-state index < -0.39 is 7.82 Å². The van der Waals surface area contributed by atoms with E-state index in [4.69, 9.17) is 14.5 Å². The van der Waals surface area contributed by atoms with Crippen molar-refractivity contribution in [1.29, 1.82) is 0 Å². The second kappa shape index (κ2) is 25.4. The Bertz CT molecular complexity index is 634. The third-order valence-electron chi connectivity index (χ3n) is 6.54. The lowest BCUT2D eigenvalue weighted by Crippen LogP contribution is -2.41. The molecule has 0 saturated heterocycles. The molecule has 0 radical (unpaired) electrons. The van der Waals surface area contributed by atoms with Crippen LogP contribution in [-0.2, 0) is 13.8 Å². The third kappa shape index (κ3) is 23.3. The fourth-order valence-corrected chi connectivity index (χ4v) is 5.63. The van der Waals surface area contributed by atoms with Crippen molar-refractivity contribution in [1.82, 2.24) is 10.2 Å². The number of rotatable bonds is 22. The lowest BCUT2D eigenvalue weighted by molar-refractivity contribution is 0.101. The van der Waals surface area contributed by atoms with Crippen LogP contribution in [0.1, 0.15) is 130 Å². The highest BCUT2D eigenvalue weighted by molar-refractivity contribution is 8.02. The van der Waals surface area contributed by atoms with Crippen LogP contribution in [0.3, 0.4) is 0 Å². The SMILES string of the molecule is CCCCCCCCCCCCCCCCCCNC(=O)N1C=CSC1CC(C)OC.CCOP(=O)(O)O. The number of carbonyl (C=O) groups is 1. The van der Waals surface area contributed by atoms with Crippen molar-refractivity contribution in [3.8, 4) is 0 Å². The molecule has 1 aliphatic rings. The molecule has 38 heavy (non-hydrogen) atoms. The Morgan fingerprint density at radius 1 is 0.921 bits per heavy atom. The Morgan fingerprint density at radius 3 is 1.79 bits per heavy atom. The summed E-state index contributed by atoms with van der Waals surface area (Å²) in [6.07, 6.45) is 24.8. The Morgan fingerprint density at radius 2 is 1.39 bits per heavy atom. The summed E-state index contributed by atoms with van der Waals surface area (Å²) in [4.78, 5) is 30.0. The predicted octanol–water partition coefficient (Wildman–Crippen LogP) is 8.34. The molecule has 0 bridgehead atoms. The quantitative estimate of drug-likeness (QED) is 0.0872. The van der Waals surface area contributed by atoms with E-state index in [0.29, 0.717) is 0 Å². The number of hydrogen-bond acceptors (Lipinski definition) is 5. The van der Waals surface area contributed by atoms with Gasteiger partial charge in [0.05, 0.1) is 18.1 Å². The Hall–Kier alpha value is -0.570. The van der Waals surface area contributed by atoms with Gasteiger partial charge in [-0.1, -0.05) is 103 Å². The number of amides is 2. The molecule has 1 heterocycles. The molecule has 0 aromatic rings. The summed E-state index contributed by atoms with van der Waals surface area (Å²) in [6, 6.07) is 0.0236. The van der Waals surface area contributed by atoms with Gasteiger partial charge in [-0.2, -0.15) is 0 Å². The largest absolute Gasteiger partial charge is 0.469 e. The van der Waals surface area contributed by atoms with Crippen molar-refractivity contribution in [2.24, 2.45) is 0 Å². The lowest BCUT2D eigenvalue weighted by atomic mass is 10.0. The standard InChI is InChI=1S/C26H50N2O2S.C2H7O4P/c1-4-5-6-7-8-9-10-11-12-13-14-15-16-17-18-19-20-27-26(29)28-21-22-31-25(28)23-24(2)30-3;1-2-6-7(3,4)5/h21-22,24-25H,4-20,23H2,1-3H3,(H,27,29);2H2,1H3,(H2,3,4,5). The summed E-state index contributed by atoms with van der Waals surface area (Å²) < 4.78 is 18.9. The molecule has 0 aliphatic carbocycles. The molecule has 3 N–H and O–H groups in total. The minimum Gasteiger partial charge on any atom is -0.382 e. The average molecular weight is 581 g/mol. The number of nitrogens with one attached hydrogen (secondary N) is 1. The van der Waals surface area contributed by atoms with E-state index in [-0.39, 0.29) is 24.1 Å². The number of phosphoric ester groups is 1. The van der Waals surface area contributed by atoms with Gasteiger partial charge in [0.1, 0.15) is 0 Å². The van der Waals surface area contributed by atoms with Gasteiger partial charge in [0.25, 0.3) is 0 Å². The van der Waals surface area contributed by atoms with Crippen molar-refractivity contribution >= 4 is 25.6 Å². The fraction of sp³-hybridized carbons (Fsp3) is 0.893. The van der Waals surface area contributed by atoms with Crippen LogP contribution in [-0.4, -0.2) is 52.5 Å². The first-order valence-electron chi connectivity index (χ1n) is 14.9. The number of urea groups is 1. The summed E-state index contributed by atoms with van der Waals surface area (Å²) >= 11 is 1.69. The fourth-order valence-electron chi connectivity index (χ4n) is 4.23. The molecule has 1 rings (SSSR count). The molecule has 1 aliphatic heterocycles. The molecule has 8 nitrogen and oxygen atoms in total. The molecule has 0 aromatic carbocycles. The van der Waals surface area contributed by atoms with Gasteiger partial charge in [-0.05, 0) is 25.7 Å². The molecule has 0 saturated carbocycles. The minimum absolute atomic E-state index is 0.0236. The van der Waals surface area contributed by atoms with E-state index in [1.54, 1.807) is 18.9 Å².